The second-order valence-corrected chi connectivity index (χ2v) is 5.74. The first kappa shape index (κ1) is 17.1. The summed E-state index contributed by atoms with van der Waals surface area (Å²) >= 11 is 0. The smallest absolute Gasteiger partial charge is 0.339 e. The normalized spacial score (nSPS) is 12.5. The Bertz CT molecular complexity index is 621. The lowest BCUT2D eigenvalue weighted by molar-refractivity contribution is -0.129. The zero-order valence-electron chi connectivity index (χ0n) is 12.0. The molecule has 1 rings (SSSR count). The summed E-state index contributed by atoms with van der Waals surface area (Å²) in [6.45, 7) is 1.68. The van der Waals surface area contributed by atoms with Gasteiger partial charge >= 0.3 is 5.97 Å². The van der Waals surface area contributed by atoms with Gasteiger partial charge in [-0.3, -0.25) is 4.79 Å². The standard InChI is InChI=1S/C13H17NO6S/c1-4-10(19-2)12(15)14-21(17,18)11-8-6-5-7-9(11)13(16)20-3/h5-8,10H,4H2,1-3H3,(H,14,15)/t10-/m0/s1. The Morgan fingerprint density at radius 1 is 1.24 bits per heavy atom. The molecule has 0 bridgehead atoms. The number of carbonyl (C=O) groups excluding carboxylic acids is 2. The summed E-state index contributed by atoms with van der Waals surface area (Å²) < 4.78 is 35.7. The molecule has 8 heteroatoms. The lowest BCUT2D eigenvalue weighted by Crippen LogP contribution is -2.39. The van der Waals surface area contributed by atoms with Crippen molar-refractivity contribution >= 4 is 21.9 Å². The molecule has 0 aliphatic carbocycles. The van der Waals surface area contributed by atoms with E-state index >= 15 is 0 Å². The van der Waals surface area contributed by atoms with Crippen LogP contribution >= 0.6 is 0 Å². The Labute approximate surface area is 123 Å². The molecule has 0 aliphatic rings. The van der Waals surface area contributed by atoms with E-state index in [1.807, 2.05) is 4.72 Å². The molecule has 7 nitrogen and oxygen atoms in total. The topological polar surface area (TPSA) is 98.8 Å². The summed E-state index contributed by atoms with van der Waals surface area (Å²) in [7, 11) is -1.74. The zero-order chi connectivity index (χ0) is 16.0. The Hall–Kier alpha value is -1.93. The highest BCUT2D eigenvalue weighted by molar-refractivity contribution is 7.90. The van der Waals surface area contributed by atoms with Crippen LogP contribution in [-0.4, -0.2) is 40.6 Å². The largest absolute Gasteiger partial charge is 0.465 e. The Balaban J connectivity index is 3.15. The Kier molecular flexibility index (Phi) is 5.86. The van der Waals surface area contributed by atoms with Gasteiger partial charge in [0.15, 0.2) is 0 Å². The number of hydrogen-bond donors (Lipinski definition) is 1. The molecular formula is C13H17NO6S. The predicted molar refractivity (Wildman–Crippen MR) is 74.2 cm³/mol. The van der Waals surface area contributed by atoms with Gasteiger partial charge < -0.3 is 9.47 Å². The number of methoxy groups -OCH3 is 2. The van der Waals surface area contributed by atoms with E-state index in [9.17, 15) is 18.0 Å². The van der Waals surface area contributed by atoms with Crippen molar-refractivity contribution < 1.29 is 27.5 Å². The van der Waals surface area contributed by atoms with E-state index in [4.69, 9.17) is 4.74 Å². The van der Waals surface area contributed by atoms with Crippen molar-refractivity contribution in [2.45, 2.75) is 24.3 Å². The van der Waals surface area contributed by atoms with Gasteiger partial charge in [-0.1, -0.05) is 19.1 Å². The molecule has 0 radical (unpaired) electrons. The van der Waals surface area contributed by atoms with E-state index in [0.717, 1.165) is 7.11 Å². The highest BCUT2D eigenvalue weighted by Crippen LogP contribution is 2.16. The van der Waals surface area contributed by atoms with Gasteiger partial charge in [-0.05, 0) is 18.6 Å². The minimum absolute atomic E-state index is 0.147. The summed E-state index contributed by atoms with van der Waals surface area (Å²) in [4.78, 5) is 23.1. The van der Waals surface area contributed by atoms with Gasteiger partial charge in [-0.25, -0.2) is 17.9 Å². The Morgan fingerprint density at radius 2 is 1.86 bits per heavy atom. The fourth-order valence-corrected chi connectivity index (χ4v) is 2.90. The van der Waals surface area contributed by atoms with E-state index in [0.29, 0.717) is 6.42 Å². The first-order valence-corrected chi connectivity index (χ1v) is 7.62. The van der Waals surface area contributed by atoms with Crippen molar-refractivity contribution in [3.8, 4) is 0 Å². The molecule has 1 N–H and O–H groups in total. The third-order valence-corrected chi connectivity index (χ3v) is 4.17. The average Bonchev–Trinajstić information content (AvgIpc) is 2.47. The van der Waals surface area contributed by atoms with Crippen LogP contribution in [0, 0.1) is 0 Å². The van der Waals surface area contributed by atoms with Crippen LogP contribution in [0.2, 0.25) is 0 Å². The third-order valence-electron chi connectivity index (χ3n) is 2.76. The van der Waals surface area contributed by atoms with Crippen LogP contribution in [0.4, 0.5) is 0 Å². The summed E-state index contributed by atoms with van der Waals surface area (Å²) in [5.74, 6) is -1.60. The quantitative estimate of drug-likeness (QED) is 0.776. The van der Waals surface area contributed by atoms with Crippen molar-refractivity contribution in [1.29, 1.82) is 0 Å². The maximum Gasteiger partial charge on any atom is 0.339 e. The number of ether oxygens (including phenoxy) is 2. The van der Waals surface area contributed by atoms with Gasteiger partial charge in [0.2, 0.25) is 0 Å². The molecule has 0 saturated carbocycles. The van der Waals surface area contributed by atoms with Crippen LogP contribution < -0.4 is 4.72 Å². The van der Waals surface area contributed by atoms with Crippen molar-refractivity contribution in [3.63, 3.8) is 0 Å². The van der Waals surface area contributed by atoms with E-state index in [-0.39, 0.29) is 10.5 Å². The van der Waals surface area contributed by atoms with Crippen LogP contribution in [0.1, 0.15) is 23.7 Å². The molecule has 0 aromatic heterocycles. The van der Waals surface area contributed by atoms with E-state index in [1.54, 1.807) is 6.92 Å². The number of hydrogen-bond acceptors (Lipinski definition) is 6. The summed E-state index contributed by atoms with van der Waals surface area (Å²) in [6, 6.07) is 5.46. The number of esters is 1. The third kappa shape index (κ3) is 4.02. The molecule has 1 amide bonds. The Morgan fingerprint density at radius 3 is 2.38 bits per heavy atom. The van der Waals surface area contributed by atoms with Crippen LogP contribution in [-0.2, 0) is 24.3 Å². The van der Waals surface area contributed by atoms with Crippen molar-refractivity contribution in [1.82, 2.24) is 4.72 Å². The second kappa shape index (κ2) is 7.19. The van der Waals surface area contributed by atoms with Crippen LogP contribution in [0.15, 0.2) is 29.2 Å². The van der Waals surface area contributed by atoms with Crippen LogP contribution in [0.5, 0.6) is 0 Å². The van der Waals surface area contributed by atoms with E-state index in [1.165, 1.54) is 31.4 Å². The molecule has 21 heavy (non-hydrogen) atoms. The SMILES string of the molecule is CC[C@H](OC)C(=O)NS(=O)(=O)c1ccccc1C(=O)OC. The number of rotatable bonds is 6. The monoisotopic (exact) mass is 315 g/mol. The maximum atomic E-state index is 12.2. The average molecular weight is 315 g/mol. The molecule has 0 aliphatic heterocycles. The van der Waals surface area contributed by atoms with Gasteiger partial charge in [0.05, 0.1) is 12.7 Å². The molecule has 0 fully saturated rings. The second-order valence-electron chi connectivity index (χ2n) is 4.09. The molecule has 1 atom stereocenters. The highest BCUT2D eigenvalue weighted by Gasteiger charge is 2.27. The fraction of sp³-hybridized carbons (Fsp3) is 0.385. The number of carbonyl (C=O) groups is 2. The minimum Gasteiger partial charge on any atom is -0.465 e. The molecular weight excluding hydrogens is 298 g/mol. The van der Waals surface area contributed by atoms with Crippen molar-refractivity contribution in [2.75, 3.05) is 14.2 Å². The van der Waals surface area contributed by atoms with Crippen molar-refractivity contribution in [2.24, 2.45) is 0 Å². The molecule has 0 saturated heterocycles. The molecule has 0 unspecified atom stereocenters. The molecule has 0 heterocycles. The first-order valence-electron chi connectivity index (χ1n) is 6.14. The molecule has 1 aromatic rings. The van der Waals surface area contributed by atoms with Gasteiger partial charge in [0, 0.05) is 7.11 Å². The van der Waals surface area contributed by atoms with E-state index in [2.05, 4.69) is 4.74 Å². The lowest BCUT2D eigenvalue weighted by atomic mass is 10.2. The maximum absolute atomic E-state index is 12.2. The first-order chi connectivity index (χ1) is 9.87. The number of sulfonamides is 1. The van der Waals surface area contributed by atoms with Gasteiger partial charge in [-0.15, -0.1) is 0 Å². The van der Waals surface area contributed by atoms with Gasteiger partial charge in [0.25, 0.3) is 15.9 Å². The van der Waals surface area contributed by atoms with Crippen LogP contribution in [0.3, 0.4) is 0 Å². The van der Waals surface area contributed by atoms with Gasteiger partial charge in [-0.2, -0.15) is 0 Å². The number of amides is 1. The zero-order valence-corrected chi connectivity index (χ0v) is 12.8. The summed E-state index contributed by atoms with van der Waals surface area (Å²) in [5.41, 5.74) is -0.147. The lowest BCUT2D eigenvalue weighted by Gasteiger charge is -2.14. The fourth-order valence-electron chi connectivity index (χ4n) is 1.69. The van der Waals surface area contributed by atoms with E-state index < -0.39 is 28.0 Å². The summed E-state index contributed by atoms with van der Waals surface area (Å²) in [5, 5.41) is 0. The van der Waals surface area contributed by atoms with Crippen LogP contribution in [0.25, 0.3) is 0 Å². The molecule has 0 spiro atoms. The number of benzene rings is 1. The number of nitrogens with one attached hydrogen (secondary N) is 1. The highest BCUT2D eigenvalue weighted by atomic mass is 32.2. The van der Waals surface area contributed by atoms with Crippen molar-refractivity contribution in [3.05, 3.63) is 29.8 Å². The van der Waals surface area contributed by atoms with Gasteiger partial charge in [0.1, 0.15) is 11.0 Å². The molecule has 116 valence electrons. The minimum atomic E-state index is -4.19. The molecule has 1 aromatic carbocycles. The summed E-state index contributed by atoms with van der Waals surface area (Å²) in [6.07, 6.45) is -0.568. The predicted octanol–water partition coefficient (Wildman–Crippen LogP) is 0.703.